The highest BCUT2D eigenvalue weighted by molar-refractivity contribution is 7.90. The maximum atomic E-state index is 11.0. The van der Waals surface area contributed by atoms with Crippen molar-refractivity contribution in [2.24, 2.45) is 0 Å². The van der Waals surface area contributed by atoms with E-state index in [4.69, 9.17) is 4.74 Å². The minimum atomic E-state index is -2.87. The van der Waals surface area contributed by atoms with Crippen LogP contribution in [0.15, 0.2) is 36.9 Å². The van der Waals surface area contributed by atoms with Gasteiger partial charge in [0.05, 0.1) is 5.75 Å². The number of sulfone groups is 1. The number of para-hydroxylation sites is 1. The van der Waals surface area contributed by atoms with Crippen molar-refractivity contribution in [3.05, 3.63) is 42.5 Å². The summed E-state index contributed by atoms with van der Waals surface area (Å²) in [5.41, 5.74) is 1.06. The lowest BCUT2D eigenvalue weighted by molar-refractivity contribution is 0.358. The van der Waals surface area contributed by atoms with Crippen molar-refractivity contribution in [2.75, 3.05) is 25.2 Å². The summed E-state index contributed by atoms with van der Waals surface area (Å²) in [6.07, 6.45) is 3.58. The molecule has 0 heterocycles. The molecule has 0 saturated carbocycles. The van der Waals surface area contributed by atoms with Crippen LogP contribution >= 0.6 is 0 Å². The lowest BCUT2D eigenvalue weighted by Gasteiger charge is -2.10. The molecular weight excluding hydrogens is 262 g/mol. The predicted octanol–water partition coefficient (Wildman–Crippen LogP) is 1.78. The van der Waals surface area contributed by atoms with Crippen molar-refractivity contribution >= 4 is 9.84 Å². The smallest absolute Gasteiger partial charge is 0.147 e. The van der Waals surface area contributed by atoms with Crippen LogP contribution in [0.2, 0.25) is 0 Å². The lowest BCUT2D eigenvalue weighted by atomic mass is 10.2. The first-order valence-electron chi connectivity index (χ1n) is 6.23. The van der Waals surface area contributed by atoms with Gasteiger partial charge in [0, 0.05) is 18.4 Å². The van der Waals surface area contributed by atoms with E-state index in [0.717, 1.165) is 11.3 Å². The molecule has 0 bridgehead atoms. The minimum Gasteiger partial charge on any atom is -0.489 e. The molecule has 19 heavy (non-hydrogen) atoms. The van der Waals surface area contributed by atoms with Gasteiger partial charge in [-0.1, -0.05) is 30.9 Å². The first kappa shape index (κ1) is 15.7. The van der Waals surface area contributed by atoms with Crippen molar-refractivity contribution in [3.8, 4) is 5.75 Å². The van der Waals surface area contributed by atoms with Gasteiger partial charge in [-0.15, -0.1) is 0 Å². The van der Waals surface area contributed by atoms with Crippen molar-refractivity contribution < 1.29 is 13.2 Å². The molecule has 0 aliphatic rings. The molecule has 1 N–H and O–H groups in total. The summed E-state index contributed by atoms with van der Waals surface area (Å²) in [7, 11) is -2.87. The Morgan fingerprint density at radius 1 is 1.37 bits per heavy atom. The molecule has 0 aliphatic heterocycles. The summed E-state index contributed by atoms with van der Waals surface area (Å²) in [6.45, 7) is 5.43. The van der Waals surface area contributed by atoms with E-state index in [2.05, 4.69) is 11.9 Å². The van der Waals surface area contributed by atoms with Gasteiger partial charge in [0.25, 0.3) is 0 Å². The van der Waals surface area contributed by atoms with Gasteiger partial charge in [0.15, 0.2) is 0 Å². The van der Waals surface area contributed by atoms with E-state index in [-0.39, 0.29) is 5.75 Å². The largest absolute Gasteiger partial charge is 0.489 e. The van der Waals surface area contributed by atoms with Crippen molar-refractivity contribution in [2.45, 2.75) is 13.0 Å². The fourth-order valence-corrected chi connectivity index (χ4v) is 2.29. The second-order valence-corrected chi connectivity index (χ2v) is 6.63. The standard InChI is InChI=1S/C14H21NO3S/c1-3-10-18-14-8-5-4-7-13(14)12-15-9-6-11-19(2,16)17/h3-5,7-8,15H,1,6,9-12H2,2H3. The highest BCUT2D eigenvalue weighted by Gasteiger charge is 2.03. The third kappa shape index (κ3) is 6.98. The van der Waals surface area contributed by atoms with E-state index in [1.165, 1.54) is 6.26 Å². The normalized spacial score (nSPS) is 11.2. The molecule has 5 heteroatoms. The number of benzene rings is 1. The summed E-state index contributed by atoms with van der Waals surface area (Å²) in [4.78, 5) is 0. The second kappa shape index (κ2) is 7.96. The number of hydrogen-bond acceptors (Lipinski definition) is 4. The van der Waals surface area contributed by atoms with Gasteiger partial charge in [-0.25, -0.2) is 8.42 Å². The maximum absolute atomic E-state index is 11.0. The minimum absolute atomic E-state index is 0.217. The Morgan fingerprint density at radius 2 is 2.11 bits per heavy atom. The molecule has 0 radical (unpaired) electrons. The van der Waals surface area contributed by atoms with Gasteiger partial charge >= 0.3 is 0 Å². The van der Waals surface area contributed by atoms with E-state index in [0.29, 0.717) is 26.1 Å². The van der Waals surface area contributed by atoms with Crippen LogP contribution in [0, 0.1) is 0 Å². The Morgan fingerprint density at radius 3 is 2.79 bits per heavy atom. The van der Waals surface area contributed by atoms with Crippen LogP contribution in [-0.2, 0) is 16.4 Å². The highest BCUT2D eigenvalue weighted by Crippen LogP contribution is 2.17. The molecule has 0 fully saturated rings. The third-order valence-corrected chi connectivity index (χ3v) is 3.54. The fraction of sp³-hybridized carbons (Fsp3) is 0.429. The average molecular weight is 283 g/mol. The molecule has 1 aromatic rings. The van der Waals surface area contributed by atoms with Crippen LogP contribution in [0.5, 0.6) is 5.75 Å². The summed E-state index contributed by atoms with van der Waals surface area (Å²) < 4.78 is 27.5. The maximum Gasteiger partial charge on any atom is 0.147 e. The number of nitrogens with one attached hydrogen (secondary N) is 1. The van der Waals surface area contributed by atoms with Crippen LogP contribution < -0.4 is 10.1 Å². The highest BCUT2D eigenvalue weighted by atomic mass is 32.2. The zero-order valence-corrected chi connectivity index (χ0v) is 12.1. The SMILES string of the molecule is C=CCOc1ccccc1CNCCCS(C)(=O)=O. The first-order valence-corrected chi connectivity index (χ1v) is 8.29. The van der Waals surface area contributed by atoms with Gasteiger partial charge < -0.3 is 10.1 Å². The quantitative estimate of drug-likeness (QED) is 0.554. The van der Waals surface area contributed by atoms with Gasteiger partial charge in [0.1, 0.15) is 22.2 Å². The van der Waals surface area contributed by atoms with Crippen LogP contribution in [-0.4, -0.2) is 33.6 Å². The molecule has 0 saturated heterocycles. The molecule has 0 unspecified atom stereocenters. The molecule has 4 nitrogen and oxygen atoms in total. The molecule has 0 amide bonds. The summed E-state index contributed by atoms with van der Waals surface area (Å²) in [5, 5.41) is 3.22. The van der Waals surface area contributed by atoms with E-state index in [1.54, 1.807) is 6.08 Å². The number of ether oxygens (including phenoxy) is 1. The van der Waals surface area contributed by atoms with E-state index in [1.807, 2.05) is 24.3 Å². The monoisotopic (exact) mass is 283 g/mol. The molecule has 1 aromatic carbocycles. The Hall–Kier alpha value is -1.33. The molecule has 0 aliphatic carbocycles. The van der Waals surface area contributed by atoms with Crippen molar-refractivity contribution in [3.63, 3.8) is 0 Å². The number of hydrogen-bond donors (Lipinski definition) is 1. The van der Waals surface area contributed by atoms with Crippen LogP contribution in [0.3, 0.4) is 0 Å². The summed E-state index contributed by atoms with van der Waals surface area (Å²) >= 11 is 0. The average Bonchev–Trinajstić information content (AvgIpc) is 2.36. The van der Waals surface area contributed by atoms with Gasteiger partial charge in [-0.2, -0.15) is 0 Å². The van der Waals surface area contributed by atoms with Gasteiger partial charge in [-0.3, -0.25) is 0 Å². The molecular formula is C14H21NO3S. The van der Waals surface area contributed by atoms with Crippen LogP contribution in [0.25, 0.3) is 0 Å². The Bertz CT molecular complexity index is 497. The van der Waals surface area contributed by atoms with E-state index >= 15 is 0 Å². The van der Waals surface area contributed by atoms with Crippen LogP contribution in [0.4, 0.5) is 0 Å². The number of rotatable bonds is 9. The van der Waals surface area contributed by atoms with Crippen molar-refractivity contribution in [1.29, 1.82) is 0 Å². The lowest BCUT2D eigenvalue weighted by Crippen LogP contribution is -2.18. The fourth-order valence-electron chi connectivity index (χ4n) is 1.62. The Balaban J connectivity index is 2.38. The molecule has 0 aromatic heterocycles. The Labute approximate surface area is 115 Å². The third-order valence-electron chi connectivity index (χ3n) is 2.51. The van der Waals surface area contributed by atoms with E-state index in [9.17, 15) is 8.42 Å². The van der Waals surface area contributed by atoms with E-state index < -0.39 is 9.84 Å². The first-order chi connectivity index (χ1) is 9.03. The molecule has 0 atom stereocenters. The second-order valence-electron chi connectivity index (χ2n) is 4.37. The molecule has 0 spiro atoms. The van der Waals surface area contributed by atoms with Gasteiger partial charge in [0.2, 0.25) is 0 Å². The topological polar surface area (TPSA) is 55.4 Å². The molecule has 1 rings (SSSR count). The predicted molar refractivity (Wildman–Crippen MR) is 78.2 cm³/mol. The zero-order valence-electron chi connectivity index (χ0n) is 11.3. The van der Waals surface area contributed by atoms with Crippen molar-refractivity contribution in [1.82, 2.24) is 5.32 Å². The van der Waals surface area contributed by atoms with Gasteiger partial charge in [-0.05, 0) is 19.0 Å². The summed E-state index contributed by atoms with van der Waals surface area (Å²) in [6, 6.07) is 7.78. The molecule has 106 valence electrons. The van der Waals surface area contributed by atoms with Crippen LogP contribution in [0.1, 0.15) is 12.0 Å². The summed E-state index contributed by atoms with van der Waals surface area (Å²) in [5.74, 6) is 1.05. The zero-order chi connectivity index (χ0) is 14.1. The Kier molecular flexibility index (Phi) is 6.59.